The normalized spacial score (nSPS) is 17.7. The lowest BCUT2D eigenvalue weighted by atomic mass is 9.78. The van der Waals surface area contributed by atoms with E-state index in [1.165, 1.54) is 6.42 Å². The van der Waals surface area contributed by atoms with E-state index in [1.807, 2.05) is 76.4 Å². The molecule has 2 aliphatic heterocycles. The van der Waals surface area contributed by atoms with Crippen LogP contribution >= 0.6 is 12.4 Å². The maximum atomic E-state index is 13.5. The van der Waals surface area contributed by atoms with Gasteiger partial charge in [0.1, 0.15) is 5.69 Å². The van der Waals surface area contributed by atoms with Crippen molar-refractivity contribution in [1.82, 2.24) is 20.0 Å². The molecular formula is C24H27ClN4O. The number of aromatic nitrogens is 2. The molecule has 1 N–H and O–H groups in total. The minimum atomic E-state index is 0. The van der Waals surface area contributed by atoms with Crippen LogP contribution in [0.15, 0.2) is 66.9 Å². The molecule has 3 aromatic rings. The highest BCUT2D eigenvalue weighted by Crippen LogP contribution is 2.37. The number of amides is 1. The van der Waals surface area contributed by atoms with Crippen LogP contribution in [0.25, 0.3) is 16.9 Å². The average Bonchev–Trinajstić information content (AvgIpc) is 3.43. The number of nitrogens with one attached hydrogen (secondary N) is 1. The molecule has 0 saturated carbocycles. The summed E-state index contributed by atoms with van der Waals surface area (Å²) in [5, 5.41) is 8.29. The molecule has 0 atom stereocenters. The Balaban J connectivity index is 0.00000218. The second kappa shape index (κ2) is 8.62. The molecule has 1 spiro atoms. The van der Waals surface area contributed by atoms with Gasteiger partial charge in [0.05, 0.1) is 11.3 Å². The van der Waals surface area contributed by atoms with Crippen LogP contribution in [-0.2, 0) is 0 Å². The van der Waals surface area contributed by atoms with Gasteiger partial charge in [-0.2, -0.15) is 5.10 Å². The molecule has 1 amide bonds. The van der Waals surface area contributed by atoms with Gasteiger partial charge in [-0.15, -0.1) is 12.4 Å². The van der Waals surface area contributed by atoms with Crippen molar-refractivity contribution in [2.24, 2.45) is 5.41 Å². The number of carbonyl (C=O) groups excluding carboxylic acids is 1. The van der Waals surface area contributed by atoms with E-state index in [-0.39, 0.29) is 18.3 Å². The molecule has 2 saturated heterocycles. The van der Waals surface area contributed by atoms with Gasteiger partial charge in [-0.05, 0) is 43.4 Å². The summed E-state index contributed by atoms with van der Waals surface area (Å²) in [6.45, 7) is 3.85. The summed E-state index contributed by atoms with van der Waals surface area (Å²) in [6.07, 6.45) is 5.29. The van der Waals surface area contributed by atoms with Crippen molar-refractivity contribution in [2.45, 2.75) is 19.3 Å². The van der Waals surface area contributed by atoms with Crippen molar-refractivity contribution >= 4 is 18.3 Å². The number of nitrogens with zero attached hydrogens (tertiary/aromatic N) is 3. The van der Waals surface area contributed by atoms with Crippen LogP contribution in [0.3, 0.4) is 0 Å². The van der Waals surface area contributed by atoms with Gasteiger partial charge in [0, 0.05) is 31.4 Å². The van der Waals surface area contributed by atoms with Gasteiger partial charge in [-0.25, -0.2) is 4.68 Å². The fraction of sp³-hybridized carbons (Fsp3) is 0.333. The molecule has 0 radical (unpaired) electrons. The van der Waals surface area contributed by atoms with Crippen molar-refractivity contribution in [1.29, 1.82) is 0 Å². The summed E-state index contributed by atoms with van der Waals surface area (Å²) in [4.78, 5) is 15.5. The molecule has 2 fully saturated rings. The third-order valence-corrected chi connectivity index (χ3v) is 6.46. The Morgan fingerprint density at radius 3 is 2.23 bits per heavy atom. The monoisotopic (exact) mass is 422 g/mol. The molecule has 5 rings (SSSR count). The molecule has 5 nitrogen and oxygen atoms in total. The maximum absolute atomic E-state index is 13.5. The summed E-state index contributed by atoms with van der Waals surface area (Å²) in [5.74, 6) is 0.0897. The quantitative estimate of drug-likeness (QED) is 0.689. The highest BCUT2D eigenvalue weighted by molar-refractivity contribution is 6.00. The fourth-order valence-corrected chi connectivity index (χ4v) is 4.63. The molecule has 3 heterocycles. The van der Waals surface area contributed by atoms with Crippen LogP contribution in [0.4, 0.5) is 0 Å². The Bertz CT molecular complexity index is 987. The van der Waals surface area contributed by atoms with Gasteiger partial charge >= 0.3 is 0 Å². The third-order valence-electron chi connectivity index (χ3n) is 6.46. The van der Waals surface area contributed by atoms with Crippen LogP contribution in [0.5, 0.6) is 0 Å². The van der Waals surface area contributed by atoms with Gasteiger partial charge in [0.2, 0.25) is 0 Å². The van der Waals surface area contributed by atoms with E-state index in [9.17, 15) is 4.79 Å². The zero-order valence-corrected chi connectivity index (χ0v) is 17.8. The Kier molecular flexibility index (Phi) is 5.93. The molecular weight excluding hydrogens is 396 g/mol. The lowest BCUT2D eigenvalue weighted by Crippen LogP contribution is -2.44. The summed E-state index contributed by atoms with van der Waals surface area (Å²) >= 11 is 0. The van der Waals surface area contributed by atoms with E-state index in [4.69, 9.17) is 5.10 Å². The van der Waals surface area contributed by atoms with E-state index in [0.29, 0.717) is 11.0 Å². The van der Waals surface area contributed by atoms with Crippen molar-refractivity contribution in [3.8, 4) is 16.9 Å². The molecule has 1 aromatic heterocycles. The van der Waals surface area contributed by atoms with Crippen molar-refractivity contribution < 1.29 is 4.79 Å². The van der Waals surface area contributed by atoms with Crippen LogP contribution in [0.2, 0.25) is 0 Å². The summed E-state index contributed by atoms with van der Waals surface area (Å²) in [5.41, 5.74) is 3.76. The van der Waals surface area contributed by atoms with Crippen LogP contribution in [0, 0.1) is 5.41 Å². The first-order chi connectivity index (χ1) is 14.2. The number of hydrogen-bond donors (Lipinski definition) is 1. The summed E-state index contributed by atoms with van der Waals surface area (Å²) in [6, 6.07) is 20.0. The Hall–Kier alpha value is -2.63. The van der Waals surface area contributed by atoms with Crippen molar-refractivity contribution in [3.63, 3.8) is 0 Å². The molecule has 0 unspecified atom stereocenters. The Morgan fingerprint density at radius 2 is 1.60 bits per heavy atom. The van der Waals surface area contributed by atoms with E-state index in [0.717, 1.165) is 56.0 Å². The molecule has 30 heavy (non-hydrogen) atoms. The zero-order valence-electron chi connectivity index (χ0n) is 17.0. The van der Waals surface area contributed by atoms with E-state index in [1.54, 1.807) is 0 Å². The topological polar surface area (TPSA) is 50.2 Å². The van der Waals surface area contributed by atoms with E-state index < -0.39 is 0 Å². The number of halogens is 1. The standard InChI is InChI=1S/C24H26N4O.ClH/c29-23(27-15-12-24(13-16-27)11-14-25-18-24)21-17-28(20-9-5-2-6-10-20)26-22(21)19-7-3-1-4-8-19;/h1-10,17,25H,11-16,18H2;1H. The van der Waals surface area contributed by atoms with Gasteiger partial charge < -0.3 is 10.2 Å². The molecule has 6 heteroatoms. The molecule has 0 bridgehead atoms. The first-order valence-electron chi connectivity index (χ1n) is 10.4. The van der Waals surface area contributed by atoms with Gasteiger partial charge in [-0.3, -0.25) is 4.79 Å². The molecule has 156 valence electrons. The first-order valence-corrected chi connectivity index (χ1v) is 10.4. The molecule has 2 aromatic carbocycles. The summed E-state index contributed by atoms with van der Waals surface area (Å²) < 4.78 is 1.82. The van der Waals surface area contributed by atoms with Crippen LogP contribution < -0.4 is 5.32 Å². The van der Waals surface area contributed by atoms with E-state index >= 15 is 0 Å². The number of para-hydroxylation sites is 1. The highest BCUT2D eigenvalue weighted by atomic mass is 35.5. The second-order valence-corrected chi connectivity index (χ2v) is 8.26. The number of benzene rings is 2. The maximum Gasteiger partial charge on any atom is 0.257 e. The largest absolute Gasteiger partial charge is 0.338 e. The number of hydrogen-bond acceptors (Lipinski definition) is 3. The summed E-state index contributed by atoms with van der Waals surface area (Å²) in [7, 11) is 0. The number of rotatable bonds is 3. The first kappa shape index (κ1) is 20.6. The van der Waals surface area contributed by atoms with Gasteiger partial charge in [0.15, 0.2) is 0 Å². The van der Waals surface area contributed by atoms with Gasteiger partial charge in [0.25, 0.3) is 5.91 Å². The van der Waals surface area contributed by atoms with Gasteiger partial charge in [-0.1, -0.05) is 48.5 Å². The fourth-order valence-electron chi connectivity index (χ4n) is 4.63. The molecule has 0 aliphatic carbocycles. The predicted octanol–water partition coefficient (Wildman–Crippen LogP) is 4.18. The smallest absolute Gasteiger partial charge is 0.257 e. The third kappa shape index (κ3) is 3.87. The van der Waals surface area contributed by atoms with Crippen LogP contribution in [0.1, 0.15) is 29.6 Å². The number of likely N-dealkylation sites (tertiary alicyclic amines) is 1. The molecule has 2 aliphatic rings. The van der Waals surface area contributed by atoms with Crippen molar-refractivity contribution in [2.75, 3.05) is 26.2 Å². The van der Waals surface area contributed by atoms with E-state index in [2.05, 4.69) is 5.32 Å². The highest BCUT2D eigenvalue weighted by Gasteiger charge is 2.38. The Morgan fingerprint density at radius 1 is 0.933 bits per heavy atom. The predicted molar refractivity (Wildman–Crippen MR) is 121 cm³/mol. The minimum Gasteiger partial charge on any atom is -0.338 e. The Labute approximate surface area is 183 Å². The lowest BCUT2D eigenvalue weighted by molar-refractivity contribution is 0.0608. The lowest BCUT2D eigenvalue weighted by Gasteiger charge is -2.38. The number of piperidine rings is 1. The number of carbonyl (C=O) groups is 1. The minimum absolute atomic E-state index is 0. The average molecular weight is 423 g/mol. The van der Waals surface area contributed by atoms with Crippen molar-refractivity contribution in [3.05, 3.63) is 72.4 Å². The zero-order chi connectivity index (χ0) is 19.7. The SMILES string of the molecule is Cl.O=C(c1cn(-c2ccccc2)nc1-c1ccccc1)N1CCC2(CCNC2)CC1. The van der Waals surface area contributed by atoms with Crippen LogP contribution in [-0.4, -0.2) is 46.8 Å². The second-order valence-electron chi connectivity index (χ2n) is 8.26.